The van der Waals surface area contributed by atoms with E-state index in [1.54, 1.807) is 18.3 Å². The van der Waals surface area contributed by atoms with Gasteiger partial charge in [-0.2, -0.15) is 0 Å². The molecule has 0 bridgehead atoms. The Hall–Kier alpha value is -0.780. The van der Waals surface area contributed by atoms with Gasteiger partial charge in [0, 0.05) is 15.1 Å². The minimum atomic E-state index is -0.451. The van der Waals surface area contributed by atoms with E-state index in [-0.39, 0.29) is 5.82 Å². The van der Waals surface area contributed by atoms with Crippen molar-refractivity contribution in [1.82, 2.24) is 4.98 Å². The Morgan fingerprint density at radius 1 is 1.24 bits per heavy atom. The van der Waals surface area contributed by atoms with Gasteiger partial charge in [-0.1, -0.05) is 12.1 Å². The summed E-state index contributed by atoms with van der Waals surface area (Å²) in [6.07, 6.45) is 1.67. The van der Waals surface area contributed by atoms with Crippen LogP contribution in [0, 0.1) is 5.82 Å². The van der Waals surface area contributed by atoms with E-state index in [4.69, 9.17) is 5.73 Å². The number of benzene rings is 1. The van der Waals surface area contributed by atoms with Gasteiger partial charge in [0.05, 0.1) is 11.7 Å². The van der Waals surface area contributed by atoms with Crippen LogP contribution in [0.15, 0.2) is 45.5 Å². The van der Waals surface area contributed by atoms with Crippen LogP contribution in [0.2, 0.25) is 0 Å². The first-order valence-electron chi connectivity index (χ1n) is 4.90. The fraction of sp³-hybridized carbons (Fsp3) is 0.0833. The third kappa shape index (κ3) is 2.91. The second-order valence-electron chi connectivity index (χ2n) is 3.55. The molecule has 1 heterocycles. The first-order valence-corrected chi connectivity index (χ1v) is 6.48. The molecule has 0 amide bonds. The first kappa shape index (κ1) is 12.7. The van der Waals surface area contributed by atoms with E-state index >= 15 is 0 Å². The average molecular weight is 360 g/mol. The summed E-state index contributed by atoms with van der Waals surface area (Å²) in [5.41, 5.74) is 7.44. The predicted octanol–water partition coefficient (Wildman–Crippen LogP) is 3.79. The van der Waals surface area contributed by atoms with Crippen molar-refractivity contribution in [2.75, 3.05) is 0 Å². The van der Waals surface area contributed by atoms with Crippen molar-refractivity contribution in [3.63, 3.8) is 0 Å². The highest BCUT2D eigenvalue weighted by Gasteiger charge is 2.14. The van der Waals surface area contributed by atoms with E-state index in [1.165, 1.54) is 12.1 Å². The van der Waals surface area contributed by atoms with Gasteiger partial charge in [0.2, 0.25) is 0 Å². The van der Waals surface area contributed by atoms with Gasteiger partial charge >= 0.3 is 0 Å². The summed E-state index contributed by atoms with van der Waals surface area (Å²) < 4.78 is 14.8. The van der Waals surface area contributed by atoms with Crippen molar-refractivity contribution in [2.45, 2.75) is 6.04 Å². The third-order valence-electron chi connectivity index (χ3n) is 2.34. The van der Waals surface area contributed by atoms with Crippen molar-refractivity contribution in [1.29, 1.82) is 0 Å². The summed E-state index contributed by atoms with van der Waals surface area (Å²) >= 11 is 6.72. The van der Waals surface area contributed by atoms with E-state index in [0.29, 0.717) is 11.3 Å². The molecule has 0 fully saturated rings. The molecule has 0 aliphatic carbocycles. The zero-order chi connectivity index (χ0) is 12.4. The van der Waals surface area contributed by atoms with Crippen molar-refractivity contribution < 1.29 is 4.39 Å². The molecule has 88 valence electrons. The number of nitrogens with two attached hydrogens (primary N) is 1. The maximum atomic E-state index is 13.1. The number of halogens is 3. The van der Waals surface area contributed by atoms with Gasteiger partial charge in [0.1, 0.15) is 5.82 Å². The SMILES string of the molecule is NC(c1cccc(F)c1)c1ncc(Br)cc1Br. The Labute approximate surface area is 115 Å². The minimum absolute atomic E-state index is 0.300. The summed E-state index contributed by atoms with van der Waals surface area (Å²) in [4.78, 5) is 4.24. The summed E-state index contributed by atoms with van der Waals surface area (Å²) in [6.45, 7) is 0. The molecule has 2 N–H and O–H groups in total. The normalized spacial score (nSPS) is 12.5. The first-order chi connectivity index (χ1) is 8.08. The monoisotopic (exact) mass is 358 g/mol. The molecule has 0 aliphatic heterocycles. The molecule has 17 heavy (non-hydrogen) atoms. The molecule has 1 unspecified atom stereocenters. The Balaban J connectivity index is 2.40. The zero-order valence-corrected chi connectivity index (χ0v) is 11.9. The lowest BCUT2D eigenvalue weighted by atomic mass is 10.0. The lowest BCUT2D eigenvalue weighted by Gasteiger charge is -2.13. The zero-order valence-electron chi connectivity index (χ0n) is 8.70. The van der Waals surface area contributed by atoms with Crippen LogP contribution in [0.3, 0.4) is 0 Å². The Kier molecular flexibility index (Phi) is 3.91. The molecular formula is C12H9Br2FN2. The number of aromatic nitrogens is 1. The highest BCUT2D eigenvalue weighted by molar-refractivity contribution is 9.11. The van der Waals surface area contributed by atoms with Gasteiger partial charge in [0.25, 0.3) is 0 Å². The van der Waals surface area contributed by atoms with Crippen LogP contribution in [-0.2, 0) is 0 Å². The van der Waals surface area contributed by atoms with Crippen LogP contribution in [0.25, 0.3) is 0 Å². The molecule has 2 aromatic rings. The van der Waals surface area contributed by atoms with Gasteiger partial charge in [-0.15, -0.1) is 0 Å². The Bertz CT molecular complexity index is 546. The van der Waals surface area contributed by atoms with Crippen LogP contribution < -0.4 is 5.73 Å². The maximum Gasteiger partial charge on any atom is 0.123 e. The quantitative estimate of drug-likeness (QED) is 0.885. The highest BCUT2D eigenvalue weighted by Crippen LogP contribution is 2.27. The minimum Gasteiger partial charge on any atom is -0.319 e. The van der Waals surface area contributed by atoms with E-state index in [0.717, 1.165) is 8.95 Å². The smallest absolute Gasteiger partial charge is 0.123 e. The number of nitrogens with zero attached hydrogens (tertiary/aromatic N) is 1. The van der Waals surface area contributed by atoms with E-state index in [9.17, 15) is 4.39 Å². The van der Waals surface area contributed by atoms with Crippen molar-refractivity contribution in [3.8, 4) is 0 Å². The molecular weight excluding hydrogens is 351 g/mol. The largest absolute Gasteiger partial charge is 0.319 e. The summed E-state index contributed by atoms with van der Waals surface area (Å²) in [6, 6.07) is 7.64. The topological polar surface area (TPSA) is 38.9 Å². The summed E-state index contributed by atoms with van der Waals surface area (Å²) in [5.74, 6) is -0.300. The number of hydrogen-bond acceptors (Lipinski definition) is 2. The standard InChI is InChI=1S/C12H9Br2FN2/c13-8-5-10(14)12(17-6-8)11(16)7-2-1-3-9(15)4-7/h1-6,11H,16H2. The maximum absolute atomic E-state index is 13.1. The second-order valence-corrected chi connectivity index (χ2v) is 5.32. The van der Waals surface area contributed by atoms with Crippen LogP contribution in [0.5, 0.6) is 0 Å². The molecule has 1 atom stereocenters. The van der Waals surface area contributed by atoms with Crippen molar-refractivity contribution in [2.24, 2.45) is 5.73 Å². The van der Waals surface area contributed by atoms with Gasteiger partial charge in [-0.3, -0.25) is 4.98 Å². The number of hydrogen-bond donors (Lipinski definition) is 1. The molecule has 1 aromatic carbocycles. The van der Waals surface area contributed by atoms with Crippen LogP contribution in [0.4, 0.5) is 4.39 Å². The average Bonchev–Trinajstić information content (AvgIpc) is 2.28. The van der Waals surface area contributed by atoms with Crippen molar-refractivity contribution in [3.05, 3.63) is 62.5 Å². The molecule has 1 aromatic heterocycles. The molecule has 0 radical (unpaired) electrons. The molecule has 2 rings (SSSR count). The van der Waals surface area contributed by atoms with Crippen LogP contribution in [0.1, 0.15) is 17.3 Å². The van der Waals surface area contributed by atoms with E-state index in [1.807, 2.05) is 6.07 Å². The fourth-order valence-electron chi connectivity index (χ4n) is 1.51. The summed E-state index contributed by atoms with van der Waals surface area (Å²) in [5, 5.41) is 0. The fourth-order valence-corrected chi connectivity index (χ4v) is 2.75. The van der Waals surface area contributed by atoms with Crippen LogP contribution in [-0.4, -0.2) is 4.98 Å². The van der Waals surface area contributed by atoms with E-state index < -0.39 is 6.04 Å². The molecule has 2 nitrogen and oxygen atoms in total. The molecule has 0 saturated carbocycles. The van der Waals surface area contributed by atoms with Gasteiger partial charge in [-0.05, 0) is 55.6 Å². The van der Waals surface area contributed by atoms with Gasteiger partial charge < -0.3 is 5.73 Å². The number of pyridine rings is 1. The van der Waals surface area contributed by atoms with Crippen molar-refractivity contribution >= 4 is 31.9 Å². The highest BCUT2D eigenvalue weighted by atomic mass is 79.9. The van der Waals surface area contributed by atoms with Crippen LogP contribution >= 0.6 is 31.9 Å². The van der Waals surface area contributed by atoms with Gasteiger partial charge in [0.15, 0.2) is 0 Å². The van der Waals surface area contributed by atoms with E-state index in [2.05, 4.69) is 36.8 Å². The molecule has 5 heteroatoms. The molecule has 0 aliphatic rings. The van der Waals surface area contributed by atoms with Gasteiger partial charge in [-0.25, -0.2) is 4.39 Å². The Morgan fingerprint density at radius 2 is 2.00 bits per heavy atom. The molecule has 0 spiro atoms. The predicted molar refractivity (Wildman–Crippen MR) is 72.1 cm³/mol. The second kappa shape index (κ2) is 5.25. The lowest BCUT2D eigenvalue weighted by Crippen LogP contribution is -2.14. The Morgan fingerprint density at radius 3 is 2.65 bits per heavy atom. The molecule has 0 saturated heterocycles. The summed E-state index contributed by atoms with van der Waals surface area (Å²) in [7, 11) is 0. The third-order valence-corrected chi connectivity index (χ3v) is 3.41. The number of rotatable bonds is 2. The lowest BCUT2D eigenvalue weighted by molar-refractivity contribution is 0.623.